The Morgan fingerprint density at radius 1 is 1.24 bits per heavy atom. The standard InChI is InChI=1S/C21H34N2O2/c1-16-14-22(15-17(2)24)12-13-23(16)20(25)11-8-18-6-9-19(10-7-18)21(3,4)5/h6-7,9-10,16-17,24H,8,11-15H2,1-5H3/t16-,17-/m0/s1. The van der Waals surface area contributed by atoms with E-state index in [1.165, 1.54) is 11.1 Å². The van der Waals surface area contributed by atoms with E-state index in [-0.39, 0.29) is 23.5 Å². The van der Waals surface area contributed by atoms with Crippen molar-refractivity contribution in [1.29, 1.82) is 0 Å². The van der Waals surface area contributed by atoms with Gasteiger partial charge >= 0.3 is 0 Å². The molecule has 0 unspecified atom stereocenters. The monoisotopic (exact) mass is 346 g/mol. The van der Waals surface area contributed by atoms with Gasteiger partial charge in [0.05, 0.1) is 6.10 Å². The van der Waals surface area contributed by atoms with E-state index in [1.807, 2.05) is 11.8 Å². The van der Waals surface area contributed by atoms with Crippen molar-refractivity contribution in [2.24, 2.45) is 0 Å². The molecule has 0 bridgehead atoms. The van der Waals surface area contributed by atoms with Crippen molar-refractivity contribution >= 4 is 5.91 Å². The van der Waals surface area contributed by atoms with Crippen LogP contribution in [0.4, 0.5) is 0 Å². The zero-order valence-electron chi connectivity index (χ0n) is 16.5. The highest BCUT2D eigenvalue weighted by molar-refractivity contribution is 5.77. The molecule has 25 heavy (non-hydrogen) atoms. The Labute approximate surface area is 152 Å². The van der Waals surface area contributed by atoms with E-state index < -0.39 is 0 Å². The summed E-state index contributed by atoms with van der Waals surface area (Å²) in [6.45, 7) is 13.7. The molecule has 1 aromatic rings. The van der Waals surface area contributed by atoms with E-state index in [9.17, 15) is 9.90 Å². The molecule has 0 spiro atoms. The molecule has 1 heterocycles. The third-order valence-electron chi connectivity index (χ3n) is 5.00. The van der Waals surface area contributed by atoms with Gasteiger partial charge in [-0.25, -0.2) is 0 Å². The Balaban J connectivity index is 1.84. The number of amides is 1. The Kier molecular flexibility index (Phi) is 6.64. The SMILES string of the molecule is C[C@H](O)CN1CCN(C(=O)CCc2ccc(C(C)(C)C)cc2)[C@@H](C)C1. The molecule has 4 heteroatoms. The van der Waals surface area contributed by atoms with Crippen molar-refractivity contribution < 1.29 is 9.90 Å². The Morgan fingerprint density at radius 3 is 2.40 bits per heavy atom. The van der Waals surface area contributed by atoms with E-state index in [0.717, 1.165) is 26.1 Å². The maximum atomic E-state index is 12.6. The van der Waals surface area contributed by atoms with Gasteiger partial charge in [-0.2, -0.15) is 0 Å². The molecule has 1 fully saturated rings. The third kappa shape index (κ3) is 5.82. The molecule has 2 atom stereocenters. The Hall–Kier alpha value is -1.39. The zero-order valence-corrected chi connectivity index (χ0v) is 16.5. The number of carbonyl (C=O) groups excluding carboxylic acids is 1. The number of carbonyl (C=O) groups is 1. The van der Waals surface area contributed by atoms with Gasteiger partial charge in [0.2, 0.25) is 5.91 Å². The first-order chi connectivity index (χ1) is 11.7. The van der Waals surface area contributed by atoms with Crippen LogP contribution in [0.25, 0.3) is 0 Å². The molecule has 2 rings (SSSR count). The Morgan fingerprint density at radius 2 is 1.88 bits per heavy atom. The predicted molar refractivity (Wildman–Crippen MR) is 103 cm³/mol. The van der Waals surface area contributed by atoms with Gasteiger partial charge in [-0.05, 0) is 36.8 Å². The van der Waals surface area contributed by atoms with E-state index in [0.29, 0.717) is 13.0 Å². The number of nitrogens with zero attached hydrogens (tertiary/aromatic N) is 2. The molecule has 1 N–H and O–H groups in total. The largest absolute Gasteiger partial charge is 0.392 e. The van der Waals surface area contributed by atoms with Gasteiger partial charge in [0, 0.05) is 38.6 Å². The van der Waals surface area contributed by atoms with Gasteiger partial charge in [-0.1, -0.05) is 45.0 Å². The number of hydrogen-bond acceptors (Lipinski definition) is 3. The number of rotatable bonds is 5. The fourth-order valence-electron chi connectivity index (χ4n) is 3.51. The van der Waals surface area contributed by atoms with Crippen LogP contribution in [-0.2, 0) is 16.6 Å². The summed E-state index contributed by atoms with van der Waals surface area (Å²) >= 11 is 0. The fourth-order valence-corrected chi connectivity index (χ4v) is 3.51. The molecule has 0 saturated carbocycles. The van der Waals surface area contributed by atoms with Crippen LogP contribution in [0.5, 0.6) is 0 Å². The summed E-state index contributed by atoms with van der Waals surface area (Å²) in [7, 11) is 0. The minimum absolute atomic E-state index is 0.162. The summed E-state index contributed by atoms with van der Waals surface area (Å²) in [4.78, 5) is 16.8. The molecule has 1 aliphatic heterocycles. The van der Waals surface area contributed by atoms with E-state index in [1.54, 1.807) is 0 Å². The Bertz CT molecular complexity index is 560. The second-order valence-electron chi connectivity index (χ2n) is 8.49. The molecule has 1 aliphatic rings. The average Bonchev–Trinajstić information content (AvgIpc) is 2.51. The third-order valence-corrected chi connectivity index (χ3v) is 5.00. The topological polar surface area (TPSA) is 43.8 Å². The maximum Gasteiger partial charge on any atom is 0.223 e. The molecule has 1 saturated heterocycles. The van der Waals surface area contributed by atoms with Gasteiger partial charge in [-0.3, -0.25) is 9.69 Å². The quantitative estimate of drug-likeness (QED) is 0.892. The lowest BCUT2D eigenvalue weighted by molar-refractivity contribution is -0.135. The maximum absolute atomic E-state index is 12.6. The highest BCUT2D eigenvalue weighted by Gasteiger charge is 2.27. The van der Waals surface area contributed by atoms with Gasteiger partial charge in [0.15, 0.2) is 0 Å². The van der Waals surface area contributed by atoms with Gasteiger partial charge in [0.1, 0.15) is 0 Å². The summed E-state index contributed by atoms with van der Waals surface area (Å²) in [5.74, 6) is 0.240. The van der Waals surface area contributed by atoms with Crippen LogP contribution >= 0.6 is 0 Å². The van der Waals surface area contributed by atoms with Crippen LogP contribution in [0.15, 0.2) is 24.3 Å². The molecule has 140 valence electrons. The number of piperazine rings is 1. The van der Waals surface area contributed by atoms with Crippen molar-refractivity contribution in [2.45, 2.75) is 65.0 Å². The number of aryl methyl sites for hydroxylation is 1. The summed E-state index contributed by atoms with van der Waals surface area (Å²) < 4.78 is 0. The highest BCUT2D eigenvalue weighted by atomic mass is 16.3. The van der Waals surface area contributed by atoms with Crippen LogP contribution < -0.4 is 0 Å². The molecular formula is C21H34N2O2. The van der Waals surface area contributed by atoms with E-state index in [2.05, 4.69) is 56.9 Å². The first-order valence-electron chi connectivity index (χ1n) is 9.46. The van der Waals surface area contributed by atoms with Crippen LogP contribution in [0.2, 0.25) is 0 Å². The van der Waals surface area contributed by atoms with Crippen LogP contribution in [0, 0.1) is 0 Å². The fraction of sp³-hybridized carbons (Fsp3) is 0.667. The van der Waals surface area contributed by atoms with Crippen molar-refractivity contribution in [3.8, 4) is 0 Å². The minimum Gasteiger partial charge on any atom is -0.392 e. The highest BCUT2D eigenvalue weighted by Crippen LogP contribution is 2.22. The first-order valence-corrected chi connectivity index (χ1v) is 9.46. The number of β-amino-alcohol motifs (C(OH)–C–C–N with tert-alkyl or cyclic N) is 1. The smallest absolute Gasteiger partial charge is 0.223 e. The molecule has 1 aromatic carbocycles. The van der Waals surface area contributed by atoms with Crippen molar-refractivity contribution in [3.63, 3.8) is 0 Å². The van der Waals surface area contributed by atoms with Crippen molar-refractivity contribution in [2.75, 3.05) is 26.2 Å². The van der Waals surface area contributed by atoms with Gasteiger partial charge in [-0.15, -0.1) is 0 Å². The van der Waals surface area contributed by atoms with Crippen LogP contribution in [0.1, 0.15) is 52.2 Å². The number of hydrogen-bond donors (Lipinski definition) is 1. The summed E-state index contributed by atoms with van der Waals surface area (Å²) in [6.07, 6.45) is 1.05. The normalized spacial score (nSPS) is 20.6. The molecular weight excluding hydrogens is 312 g/mol. The van der Waals surface area contributed by atoms with E-state index >= 15 is 0 Å². The first kappa shape index (κ1) is 19.9. The lowest BCUT2D eigenvalue weighted by Crippen LogP contribution is -2.55. The van der Waals surface area contributed by atoms with Gasteiger partial charge in [0.25, 0.3) is 0 Å². The second-order valence-corrected chi connectivity index (χ2v) is 8.49. The molecule has 4 nitrogen and oxygen atoms in total. The average molecular weight is 347 g/mol. The summed E-state index contributed by atoms with van der Waals surface area (Å²) in [5.41, 5.74) is 2.71. The minimum atomic E-state index is -0.314. The van der Waals surface area contributed by atoms with Gasteiger partial charge < -0.3 is 10.0 Å². The summed E-state index contributed by atoms with van der Waals surface area (Å²) in [6, 6.07) is 8.87. The number of aliphatic hydroxyl groups excluding tert-OH is 1. The van der Waals surface area contributed by atoms with Crippen LogP contribution in [0.3, 0.4) is 0 Å². The molecule has 0 aliphatic carbocycles. The predicted octanol–water partition coefficient (Wildman–Crippen LogP) is 2.83. The lowest BCUT2D eigenvalue weighted by Gasteiger charge is -2.40. The number of aliphatic hydroxyl groups is 1. The van der Waals surface area contributed by atoms with E-state index in [4.69, 9.17) is 0 Å². The van der Waals surface area contributed by atoms with Crippen molar-refractivity contribution in [1.82, 2.24) is 9.80 Å². The molecule has 1 amide bonds. The van der Waals surface area contributed by atoms with Crippen LogP contribution in [-0.4, -0.2) is 59.1 Å². The summed E-state index contributed by atoms with van der Waals surface area (Å²) in [5, 5.41) is 9.52. The number of benzene rings is 1. The second kappa shape index (κ2) is 8.33. The molecule has 0 aromatic heterocycles. The lowest BCUT2D eigenvalue weighted by atomic mass is 9.86. The zero-order chi connectivity index (χ0) is 18.6. The molecule has 0 radical (unpaired) electrons. The van der Waals surface area contributed by atoms with Crippen molar-refractivity contribution in [3.05, 3.63) is 35.4 Å².